The molecule has 2 unspecified atom stereocenters. The van der Waals surface area contributed by atoms with E-state index in [1.165, 1.54) is 0 Å². The molecule has 3 aliphatic heterocycles. The van der Waals surface area contributed by atoms with Gasteiger partial charge in [-0.25, -0.2) is 0 Å². The predicted octanol–water partition coefficient (Wildman–Crippen LogP) is 5.49. The minimum atomic E-state index is -1.16. The number of nitrogens with one attached hydrogen (secondary N) is 1. The number of methoxy groups -OCH3 is 2. The Kier molecular flexibility index (Phi) is 16.5. The highest BCUT2D eigenvalue weighted by molar-refractivity contribution is 7.80. The van der Waals surface area contributed by atoms with Gasteiger partial charge in [0.05, 0.1) is 104 Å². The first-order valence-corrected chi connectivity index (χ1v) is 21.9. The number of carbonyl (C=O) groups excluding carboxylic acids is 2. The van der Waals surface area contributed by atoms with Crippen LogP contribution in [-0.2, 0) is 50.9 Å². The number of benzene rings is 3. The van der Waals surface area contributed by atoms with Crippen LogP contribution < -0.4 is 24.4 Å². The molecule has 1 aliphatic carbocycles. The van der Waals surface area contributed by atoms with Gasteiger partial charge in [0.2, 0.25) is 6.41 Å². The van der Waals surface area contributed by atoms with E-state index in [4.69, 9.17) is 52.6 Å². The summed E-state index contributed by atoms with van der Waals surface area (Å²) in [6, 6.07) is 17.3. The molecule has 0 saturated carbocycles. The van der Waals surface area contributed by atoms with Gasteiger partial charge in [-0.2, -0.15) is 12.6 Å². The van der Waals surface area contributed by atoms with Gasteiger partial charge in [0.1, 0.15) is 12.4 Å². The zero-order valence-electron chi connectivity index (χ0n) is 35.8. The number of hydrogen-bond donors (Lipinski definition) is 2. The van der Waals surface area contributed by atoms with E-state index in [1.807, 2.05) is 65.7 Å². The average Bonchev–Trinajstić information content (AvgIpc) is 3.68. The molecule has 3 aromatic rings. The lowest BCUT2D eigenvalue weighted by molar-refractivity contribution is -0.122. The van der Waals surface area contributed by atoms with Gasteiger partial charge in [0, 0.05) is 55.1 Å². The second-order valence-electron chi connectivity index (χ2n) is 15.0. The number of nitrogens with zero attached hydrogens (tertiary/aromatic N) is 3. The van der Waals surface area contributed by atoms with E-state index in [0.29, 0.717) is 145 Å². The highest BCUT2D eigenvalue weighted by atomic mass is 32.1. The predicted molar refractivity (Wildman–Crippen MR) is 242 cm³/mol. The Labute approximate surface area is 373 Å². The SMILES string of the molecule is COC1=CC2(CC=C1OCCCOc1cc3c(cc1OC)-c1ccccc1CC(NC=O)/C=N\3)N=C[C@@H]1Cc3ccc(OCCOCCOCCOCCOCCS)cc3N1C2=O. The number of amides is 2. The van der Waals surface area contributed by atoms with Gasteiger partial charge < -0.3 is 52.8 Å². The smallest absolute Gasteiger partial charge is 0.259 e. The number of anilines is 1. The Morgan fingerprint density at radius 2 is 1.51 bits per heavy atom. The topological polar surface area (TPSA) is 157 Å². The van der Waals surface area contributed by atoms with Crippen molar-refractivity contribution in [2.24, 2.45) is 9.98 Å². The van der Waals surface area contributed by atoms with E-state index in [9.17, 15) is 9.59 Å². The first-order valence-electron chi connectivity index (χ1n) is 21.3. The fourth-order valence-electron chi connectivity index (χ4n) is 7.83. The first-order chi connectivity index (χ1) is 31.0. The molecule has 3 aromatic carbocycles. The standard InChI is InChI=1S/C47H56N4O11S/c1-54-43-27-39-38-7-4-3-6-33(38)24-35(49-32-52)30-48-40(39)28-44(43)62-13-5-12-61-42-10-11-47(29-45(42)55-2)46(53)51-36(31-50-47)25-34-8-9-37(26-41(34)51)60-21-20-58-17-16-56-14-15-57-18-19-59-22-23-63/h3-4,6-10,26-32,35-36,63H,5,11-25H2,1-2H3,(H,49,52)/b48-30-/t35?,36-,47?/m0/s1. The van der Waals surface area contributed by atoms with Crippen LogP contribution in [0.3, 0.4) is 0 Å². The summed E-state index contributed by atoms with van der Waals surface area (Å²) in [4.78, 5) is 37.0. The maximum absolute atomic E-state index is 14.3. The van der Waals surface area contributed by atoms with E-state index in [-0.39, 0.29) is 18.0 Å². The van der Waals surface area contributed by atoms with Gasteiger partial charge >= 0.3 is 0 Å². The van der Waals surface area contributed by atoms with E-state index in [1.54, 1.807) is 26.5 Å². The van der Waals surface area contributed by atoms with E-state index in [2.05, 4.69) is 24.0 Å². The van der Waals surface area contributed by atoms with Gasteiger partial charge in [-0.05, 0) is 47.4 Å². The fourth-order valence-corrected chi connectivity index (χ4v) is 7.96. The average molecular weight is 885 g/mol. The molecule has 1 N–H and O–H groups in total. The molecule has 0 radical (unpaired) electrons. The number of carbonyl (C=O) groups is 2. The van der Waals surface area contributed by atoms with Crippen molar-refractivity contribution in [3.63, 3.8) is 0 Å². The molecular weight excluding hydrogens is 829 g/mol. The quantitative estimate of drug-likeness (QED) is 0.0630. The van der Waals surface area contributed by atoms with Gasteiger partial charge in [-0.15, -0.1) is 0 Å². The van der Waals surface area contributed by atoms with Crippen LogP contribution in [0.5, 0.6) is 17.2 Å². The molecule has 3 atom stereocenters. The van der Waals surface area contributed by atoms with Crippen molar-refractivity contribution in [1.29, 1.82) is 0 Å². The second-order valence-corrected chi connectivity index (χ2v) is 15.5. The summed E-state index contributed by atoms with van der Waals surface area (Å²) >= 11 is 4.10. The normalized spacial score (nSPS) is 20.0. The molecule has 0 saturated heterocycles. The minimum Gasteiger partial charge on any atom is -0.493 e. The summed E-state index contributed by atoms with van der Waals surface area (Å²) < 4.78 is 51.9. The monoisotopic (exact) mass is 884 g/mol. The molecule has 336 valence electrons. The third kappa shape index (κ3) is 11.4. The Bertz CT molecular complexity index is 2160. The van der Waals surface area contributed by atoms with Gasteiger partial charge in [0.15, 0.2) is 28.6 Å². The number of hydrogen-bond acceptors (Lipinski definition) is 14. The molecule has 3 heterocycles. The maximum atomic E-state index is 14.3. The molecule has 2 amide bonds. The van der Waals surface area contributed by atoms with Crippen LogP contribution in [0.4, 0.5) is 11.4 Å². The number of thiol groups is 1. The Morgan fingerprint density at radius 3 is 2.25 bits per heavy atom. The summed E-state index contributed by atoms with van der Waals surface area (Å²) in [5.41, 5.74) is 4.44. The lowest BCUT2D eigenvalue weighted by Crippen LogP contribution is -2.55. The third-order valence-corrected chi connectivity index (χ3v) is 11.1. The van der Waals surface area contributed by atoms with Gasteiger partial charge in [-0.1, -0.05) is 30.3 Å². The van der Waals surface area contributed by atoms with Crippen LogP contribution in [0.1, 0.15) is 24.0 Å². The van der Waals surface area contributed by atoms with Crippen molar-refractivity contribution in [1.82, 2.24) is 5.32 Å². The fraction of sp³-hybridized carbons (Fsp3) is 0.447. The lowest BCUT2D eigenvalue weighted by Gasteiger charge is -2.38. The third-order valence-electron chi connectivity index (χ3n) is 10.9. The van der Waals surface area contributed by atoms with Crippen molar-refractivity contribution < 1.29 is 52.2 Å². The summed E-state index contributed by atoms with van der Waals surface area (Å²) in [6.45, 7) is 5.01. The molecule has 16 heteroatoms. The maximum Gasteiger partial charge on any atom is 0.259 e. The molecule has 0 bridgehead atoms. The van der Waals surface area contributed by atoms with Crippen LogP contribution in [0.15, 0.2) is 88.3 Å². The van der Waals surface area contributed by atoms with Gasteiger partial charge in [-0.3, -0.25) is 19.6 Å². The first kappa shape index (κ1) is 45.6. The van der Waals surface area contributed by atoms with Crippen molar-refractivity contribution in [3.05, 3.63) is 89.4 Å². The number of ether oxygens (including phenoxy) is 9. The lowest BCUT2D eigenvalue weighted by atomic mass is 9.87. The number of fused-ring (bicyclic) bond motifs is 6. The Hall–Kier alpha value is -5.39. The van der Waals surface area contributed by atoms with Crippen LogP contribution in [-0.4, -0.2) is 135 Å². The summed E-state index contributed by atoms with van der Waals surface area (Å²) in [6.07, 6.45) is 10.1. The minimum absolute atomic E-state index is 0.131. The van der Waals surface area contributed by atoms with Crippen molar-refractivity contribution in [2.75, 3.05) is 97.5 Å². The molecule has 0 fully saturated rings. The molecule has 15 nitrogen and oxygen atoms in total. The highest BCUT2D eigenvalue weighted by Gasteiger charge is 2.49. The van der Waals surface area contributed by atoms with Crippen molar-refractivity contribution in [2.45, 2.75) is 43.3 Å². The molecule has 4 aliphatic rings. The van der Waals surface area contributed by atoms with Crippen molar-refractivity contribution >= 4 is 48.8 Å². The molecular formula is C47H56N4O11S. The van der Waals surface area contributed by atoms with E-state index in [0.717, 1.165) is 27.9 Å². The zero-order valence-corrected chi connectivity index (χ0v) is 36.7. The van der Waals surface area contributed by atoms with Crippen molar-refractivity contribution in [3.8, 4) is 28.4 Å². The number of rotatable bonds is 25. The highest BCUT2D eigenvalue weighted by Crippen LogP contribution is 2.44. The molecule has 7 rings (SSSR count). The summed E-state index contributed by atoms with van der Waals surface area (Å²) in [7, 11) is 3.17. The molecule has 0 aromatic heterocycles. The van der Waals surface area contributed by atoms with Crippen LogP contribution in [0.25, 0.3) is 11.1 Å². The second kappa shape index (κ2) is 22.8. The van der Waals surface area contributed by atoms with Gasteiger partial charge in [0.25, 0.3) is 5.91 Å². The Balaban J connectivity index is 0.881. The number of aliphatic imine (C=N–C) groups is 2. The van der Waals surface area contributed by atoms with E-state index < -0.39 is 5.54 Å². The Morgan fingerprint density at radius 1 is 0.762 bits per heavy atom. The van der Waals surface area contributed by atoms with Crippen LogP contribution >= 0.6 is 12.6 Å². The largest absolute Gasteiger partial charge is 0.493 e. The zero-order chi connectivity index (χ0) is 43.9. The molecule has 1 spiro atoms. The van der Waals surface area contributed by atoms with Crippen LogP contribution in [0, 0.1) is 0 Å². The van der Waals surface area contributed by atoms with E-state index >= 15 is 0 Å². The molecule has 63 heavy (non-hydrogen) atoms. The van der Waals surface area contributed by atoms with Crippen LogP contribution in [0.2, 0.25) is 0 Å². The summed E-state index contributed by atoms with van der Waals surface area (Å²) in [5, 5.41) is 2.84. The summed E-state index contributed by atoms with van der Waals surface area (Å²) in [5.74, 6) is 3.33.